The van der Waals surface area contributed by atoms with Crippen molar-refractivity contribution in [1.29, 1.82) is 0 Å². The van der Waals surface area contributed by atoms with E-state index in [0.717, 1.165) is 29.7 Å². The van der Waals surface area contributed by atoms with E-state index in [1.54, 1.807) is 0 Å². The van der Waals surface area contributed by atoms with Gasteiger partial charge in [0.1, 0.15) is 0 Å². The van der Waals surface area contributed by atoms with Crippen LogP contribution in [0.3, 0.4) is 0 Å². The summed E-state index contributed by atoms with van der Waals surface area (Å²) >= 11 is 3.42. The normalized spacial score (nSPS) is 19.8. The van der Waals surface area contributed by atoms with Crippen LogP contribution in [0.2, 0.25) is 0 Å². The summed E-state index contributed by atoms with van der Waals surface area (Å²) in [5, 5.41) is 8.30. The maximum atomic E-state index is 5.77. The minimum absolute atomic E-state index is 0.574. The molecule has 0 aliphatic carbocycles. The smallest absolute Gasteiger partial charge is 0.247 e. The van der Waals surface area contributed by atoms with Crippen LogP contribution >= 0.6 is 15.9 Å². The Morgan fingerprint density at radius 2 is 2.10 bits per heavy atom. The van der Waals surface area contributed by atoms with Gasteiger partial charge in [-0.25, -0.2) is 0 Å². The molecule has 2 N–H and O–H groups in total. The Morgan fingerprint density at radius 1 is 1.29 bits per heavy atom. The minimum Gasteiger partial charge on any atom is -0.419 e. The Bertz CT molecular complexity index is 584. The zero-order chi connectivity index (χ0) is 14.7. The molecule has 5 nitrogen and oxygen atoms in total. The largest absolute Gasteiger partial charge is 0.419 e. The van der Waals surface area contributed by atoms with Gasteiger partial charge in [-0.05, 0) is 56.1 Å². The van der Waals surface area contributed by atoms with Crippen LogP contribution in [0, 0.1) is 5.92 Å². The average Bonchev–Trinajstić information content (AvgIpc) is 2.96. The summed E-state index contributed by atoms with van der Waals surface area (Å²) in [6.45, 7) is 3.56. The summed E-state index contributed by atoms with van der Waals surface area (Å²) in [6.07, 6.45) is 2.41. The minimum atomic E-state index is 0.574. The Kier molecular flexibility index (Phi) is 4.67. The summed E-state index contributed by atoms with van der Waals surface area (Å²) in [4.78, 5) is 2.35. The van der Waals surface area contributed by atoms with E-state index in [1.807, 2.05) is 24.3 Å². The molecule has 3 rings (SSSR count). The molecule has 1 fully saturated rings. The van der Waals surface area contributed by atoms with E-state index in [9.17, 15) is 0 Å². The molecule has 1 aliphatic rings. The fourth-order valence-corrected chi connectivity index (χ4v) is 2.97. The Labute approximate surface area is 132 Å². The third-order valence-electron chi connectivity index (χ3n) is 3.85. The van der Waals surface area contributed by atoms with E-state index >= 15 is 0 Å². The molecule has 1 aromatic carbocycles. The van der Waals surface area contributed by atoms with Crippen LogP contribution in [0.5, 0.6) is 0 Å². The van der Waals surface area contributed by atoms with Crippen LogP contribution in [0.4, 0.5) is 0 Å². The summed E-state index contributed by atoms with van der Waals surface area (Å²) in [6, 6.07) is 7.87. The van der Waals surface area contributed by atoms with E-state index < -0.39 is 0 Å². The van der Waals surface area contributed by atoms with Crippen LogP contribution in [0.1, 0.15) is 18.7 Å². The number of hydrogen-bond donors (Lipinski definition) is 1. The van der Waals surface area contributed by atoms with Gasteiger partial charge in [-0.1, -0.05) is 15.9 Å². The molecule has 0 bridgehead atoms. The molecule has 2 heterocycles. The van der Waals surface area contributed by atoms with Gasteiger partial charge in [-0.2, -0.15) is 0 Å². The van der Waals surface area contributed by atoms with Gasteiger partial charge in [-0.15, -0.1) is 10.2 Å². The molecule has 0 saturated carbocycles. The number of piperidine rings is 1. The number of hydrogen-bond acceptors (Lipinski definition) is 5. The van der Waals surface area contributed by atoms with E-state index in [-0.39, 0.29) is 0 Å². The van der Waals surface area contributed by atoms with Crippen LogP contribution in [-0.4, -0.2) is 34.7 Å². The molecule has 1 aromatic heterocycles. The molecule has 0 amide bonds. The highest BCUT2D eigenvalue weighted by atomic mass is 79.9. The van der Waals surface area contributed by atoms with Gasteiger partial charge in [0.15, 0.2) is 0 Å². The second-order valence-electron chi connectivity index (χ2n) is 5.49. The van der Waals surface area contributed by atoms with Gasteiger partial charge in [-0.3, -0.25) is 4.90 Å². The summed E-state index contributed by atoms with van der Waals surface area (Å²) in [5.74, 6) is 1.84. The lowest BCUT2D eigenvalue weighted by Gasteiger charge is -2.30. The molecule has 21 heavy (non-hydrogen) atoms. The van der Waals surface area contributed by atoms with Crippen molar-refractivity contribution in [3.8, 4) is 11.5 Å². The monoisotopic (exact) mass is 350 g/mol. The molecule has 0 radical (unpaired) electrons. The predicted octanol–water partition coefficient (Wildman–Crippen LogP) is 2.67. The molecule has 1 atom stereocenters. The maximum Gasteiger partial charge on any atom is 0.247 e. The number of benzene rings is 1. The van der Waals surface area contributed by atoms with E-state index in [0.29, 0.717) is 24.2 Å². The highest BCUT2D eigenvalue weighted by Crippen LogP contribution is 2.22. The van der Waals surface area contributed by atoms with Gasteiger partial charge >= 0.3 is 0 Å². The summed E-state index contributed by atoms with van der Waals surface area (Å²) in [7, 11) is 0. The lowest BCUT2D eigenvalue weighted by atomic mass is 9.98. The molecule has 112 valence electrons. The molecule has 1 saturated heterocycles. The van der Waals surface area contributed by atoms with Crippen molar-refractivity contribution in [2.75, 3.05) is 19.6 Å². The third-order valence-corrected chi connectivity index (χ3v) is 4.38. The predicted molar refractivity (Wildman–Crippen MR) is 84.5 cm³/mol. The second kappa shape index (κ2) is 6.68. The topological polar surface area (TPSA) is 68.2 Å². The molecule has 6 heteroatoms. The van der Waals surface area contributed by atoms with Crippen molar-refractivity contribution in [3.63, 3.8) is 0 Å². The fourth-order valence-electron chi connectivity index (χ4n) is 2.71. The van der Waals surface area contributed by atoms with Gasteiger partial charge < -0.3 is 10.2 Å². The van der Waals surface area contributed by atoms with Crippen molar-refractivity contribution >= 4 is 15.9 Å². The van der Waals surface area contributed by atoms with Crippen LogP contribution in [-0.2, 0) is 6.54 Å². The van der Waals surface area contributed by atoms with Crippen molar-refractivity contribution in [2.45, 2.75) is 19.4 Å². The summed E-state index contributed by atoms with van der Waals surface area (Å²) < 4.78 is 6.81. The van der Waals surface area contributed by atoms with Crippen molar-refractivity contribution in [3.05, 3.63) is 34.6 Å². The SMILES string of the molecule is NCC1CCCN(Cc2nnc(-c3ccc(Br)cc3)o2)C1. The second-order valence-corrected chi connectivity index (χ2v) is 6.40. The lowest BCUT2D eigenvalue weighted by Crippen LogP contribution is -2.37. The summed E-state index contributed by atoms with van der Waals surface area (Å²) in [5.41, 5.74) is 6.71. The van der Waals surface area contributed by atoms with E-state index in [1.165, 1.54) is 12.8 Å². The Hall–Kier alpha value is -1.24. The van der Waals surface area contributed by atoms with Crippen LogP contribution in [0.25, 0.3) is 11.5 Å². The first-order valence-corrected chi connectivity index (χ1v) is 8.04. The molecule has 0 spiro atoms. The lowest BCUT2D eigenvalue weighted by molar-refractivity contribution is 0.158. The number of aromatic nitrogens is 2. The number of halogens is 1. The standard InChI is InChI=1S/C15H19BrN4O/c16-13-5-3-12(4-6-13)15-19-18-14(21-15)10-20-7-1-2-11(8-17)9-20/h3-6,11H,1-2,7-10,17H2. The molecular formula is C15H19BrN4O. The van der Waals surface area contributed by atoms with Gasteiger partial charge in [0.05, 0.1) is 6.54 Å². The van der Waals surface area contributed by atoms with Crippen molar-refractivity contribution in [1.82, 2.24) is 15.1 Å². The first-order valence-electron chi connectivity index (χ1n) is 7.25. The molecular weight excluding hydrogens is 332 g/mol. The average molecular weight is 351 g/mol. The van der Waals surface area contributed by atoms with E-state index in [2.05, 4.69) is 31.0 Å². The number of likely N-dealkylation sites (tertiary alicyclic amines) is 1. The Balaban J connectivity index is 1.66. The zero-order valence-electron chi connectivity index (χ0n) is 11.8. The van der Waals surface area contributed by atoms with Crippen molar-refractivity contribution in [2.24, 2.45) is 11.7 Å². The maximum absolute atomic E-state index is 5.77. The van der Waals surface area contributed by atoms with Gasteiger partial charge in [0.2, 0.25) is 11.8 Å². The van der Waals surface area contributed by atoms with Gasteiger partial charge in [0, 0.05) is 16.6 Å². The number of nitrogens with zero attached hydrogens (tertiary/aromatic N) is 3. The van der Waals surface area contributed by atoms with Gasteiger partial charge in [0.25, 0.3) is 0 Å². The Morgan fingerprint density at radius 3 is 2.86 bits per heavy atom. The van der Waals surface area contributed by atoms with Crippen LogP contribution in [0.15, 0.2) is 33.2 Å². The fraction of sp³-hybridized carbons (Fsp3) is 0.467. The highest BCUT2D eigenvalue weighted by Gasteiger charge is 2.20. The zero-order valence-corrected chi connectivity index (χ0v) is 13.4. The molecule has 1 unspecified atom stereocenters. The van der Waals surface area contributed by atoms with Crippen molar-refractivity contribution < 1.29 is 4.42 Å². The van der Waals surface area contributed by atoms with Crippen LogP contribution < -0.4 is 5.73 Å². The third kappa shape index (κ3) is 3.70. The highest BCUT2D eigenvalue weighted by molar-refractivity contribution is 9.10. The molecule has 1 aliphatic heterocycles. The number of rotatable bonds is 4. The van der Waals surface area contributed by atoms with E-state index in [4.69, 9.17) is 10.2 Å². The first kappa shape index (κ1) is 14.7. The quantitative estimate of drug-likeness (QED) is 0.917. The first-order chi connectivity index (χ1) is 10.2. The molecule has 2 aromatic rings. The number of nitrogens with two attached hydrogens (primary N) is 1.